The summed E-state index contributed by atoms with van der Waals surface area (Å²) in [5.41, 5.74) is 4.99. The van der Waals surface area contributed by atoms with E-state index < -0.39 is 17.5 Å². The van der Waals surface area contributed by atoms with E-state index in [9.17, 15) is 13.2 Å². The van der Waals surface area contributed by atoms with Crippen LogP contribution in [-0.2, 0) is 12.8 Å². The number of rotatable bonds is 5. The van der Waals surface area contributed by atoms with Crippen LogP contribution >= 0.6 is 0 Å². The maximum atomic E-state index is 13.6. The minimum absolute atomic E-state index is 0.00328. The molecule has 0 bridgehead atoms. The molecule has 0 spiro atoms. The second kappa shape index (κ2) is 8.76. The van der Waals surface area contributed by atoms with Gasteiger partial charge < -0.3 is 19.7 Å². The van der Waals surface area contributed by atoms with Crippen molar-refractivity contribution in [2.75, 3.05) is 37.7 Å². The van der Waals surface area contributed by atoms with Crippen LogP contribution in [0.3, 0.4) is 0 Å². The number of benzene rings is 2. The highest BCUT2D eigenvalue weighted by Gasteiger charge is 2.27. The van der Waals surface area contributed by atoms with E-state index in [0.29, 0.717) is 26.1 Å². The predicted octanol–water partition coefficient (Wildman–Crippen LogP) is 4.16. The van der Waals surface area contributed by atoms with Crippen molar-refractivity contribution < 1.29 is 22.6 Å². The van der Waals surface area contributed by atoms with Gasteiger partial charge in [0.1, 0.15) is 24.2 Å². The lowest BCUT2D eigenvalue weighted by Crippen LogP contribution is -2.41. The van der Waals surface area contributed by atoms with Gasteiger partial charge in [-0.2, -0.15) is 0 Å². The lowest BCUT2D eigenvalue weighted by molar-refractivity contribution is 0.194. The van der Waals surface area contributed by atoms with E-state index in [1.165, 1.54) is 16.7 Å². The molecule has 2 aromatic rings. The molecule has 0 aromatic heterocycles. The molecule has 1 unspecified atom stereocenters. The van der Waals surface area contributed by atoms with Crippen LogP contribution in [0.5, 0.6) is 11.5 Å². The van der Waals surface area contributed by atoms with Crippen LogP contribution in [-0.4, -0.2) is 38.9 Å². The Kier molecular flexibility index (Phi) is 6.09. The number of halogens is 3. The van der Waals surface area contributed by atoms with Crippen molar-refractivity contribution >= 4 is 5.69 Å². The zero-order chi connectivity index (χ0) is 21.3. The van der Waals surface area contributed by atoms with Gasteiger partial charge in [0.15, 0.2) is 17.5 Å². The molecule has 0 saturated heterocycles. The van der Waals surface area contributed by atoms with Crippen molar-refractivity contribution in [2.45, 2.75) is 39.2 Å². The fourth-order valence-corrected chi connectivity index (χ4v) is 4.37. The molecule has 0 saturated carbocycles. The van der Waals surface area contributed by atoms with Gasteiger partial charge in [-0.1, -0.05) is 6.92 Å². The van der Waals surface area contributed by atoms with Crippen molar-refractivity contribution in [1.29, 1.82) is 0 Å². The van der Waals surface area contributed by atoms with Gasteiger partial charge in [-0.3, -0.25) is 0 Å². The third-order valence-electron chi connectivity index (χ3n) is 5.93. The highest BCUT2D eigenvalue weighted by molar-refractivity contribution is 5.69. The first-order valence-electron chi connectivity index (χ1n) is 10.5. The number of ether oxygens (including phenoxy) is 2. The summed E-state index contributed by atoms with van der Waals surface area (Å²) in [5.74, 6) is -3.10. The fraction of sp³-hybridized carbons (Fsp3) is 0.478. The second-order valence-electron chi connectivity index (χ2n) is 7.88. The summed E-state index contributed by atoms with van der Waals surface area (Å²) < 4.78 is 52.2. The molecule has 162 valence electrons. The van der Waals surface area contributed by atoms with Crippen LogP contribution in [0.25, 0.3) is 0 Å². The molecular formula is C23H27F3N2O2. The second-order valence-corrected chi connectivity index (χ2v) is 7.88. The number of anilines is 1. The SMILES string of the molecule is CCC(CN1CCOc2cc3c(c(C)c21)CCNCC3)Oc1cc(F)c(F)c(F)c1. The number of hydrogen-bond acceptors (Lipinski definition) is 4. The Hall–Kier alpha value is -2.41. The Morgan fingerprint density at radius 2 is 1.87 bits per heavy atom. The van der Waals surface area contributed by atoms with E-state index >= 15 is 0 Å². The van der Waals surface area contributed by atoms with Gasteiger partial charge in [0.05, 0.1) is 18.8 Å². The largest absolute Gasteiger partial charge is 0.490 e. The molecule has 2 aromatic carbocycles. The third kappa shape index (κ3) is 4.08. The first-order valence-corrected chi connectivity index (χ1v) is 10.5. The minimum atomic E-state index is -1.48. The molecule has 0 radical (unpaired) electrons. The Morgan fingerprint density at radius 3 is 2.60 bits per heavy atom. The maximum Gasteiger partial charge on any atom is 0.194 e. The molecule has 0 amide bonds. The highest BCUT2D eigenvalue weighted by atomic mass is 19.2. The lowest BCUT2D eigenvalue weighted by Gasteiger charge is -2.36. The molecule has 2 aliphatic heterocycles. The molecule has 7 heteroatoms. The zero-order valence-electron chi connectivity index (χ0n) is 17.4. The van der Waals surface area contributed by atoms with E-state index in [1.807, 2.05) is 6.92 Å². The zero-order valence-corrected chi connectivity index (χ0v) is 17.4. The van der Waals surface area contributed by atoms with E-state index in [4.69, 9.17) is 9.47 Å². The quantitative estimate of drug-likeness (QED) is 0.737. The topological polar surface area (TPSA) is 33.7 Å². The van der Waals surface area contributed by atoms with Gasteiger partial charge in [-0.25, -0.2) is 13.2 Å². The summed E-state index contributed by atoms with van der Waals surface area (Å²) in [4.78, 5) is 2.23. The van der Waals surface area contributed by atoms with E-state index in [1.54, 1.807) is 0 Å². The molecule has 0 fully saturated rings. The molecule has 2 heterocycles. The van der Waals surface area contributed by atoms with Crippen LogP contribution in [0, 0.1) is 24.4 Å². The molecular weight excluding hydrogens is 393 g/mol. The predicted molar refractivity (Wildman–Crippen MR) is 110 cm³/mol. The van der Waals surface area contributed by atoms with Crippen molar-refractivity contribution in [3.63, 3.8) is 0 Å². The molecule has 1 atom stereocenters. The summed E-state index contributed by atoms with van der Waals surface area (Å²) in [5, 5.41) is 3.44. The van der Waals surface area contributed by atoms with Gasteiger partial charge >= 0.3 is 0 Å². The van der Waals surface area contributed by atoms with Crippen molar-refractivity contribution in [1.82, 2.24) is 5.32 Å². The van der Waals surface area contributed by atoms with E-state index in [-0.39, 0.29) is 11.9 Å². The smallest absolute Gasteiger partial charge is 0.194 e. The maximum absolute atomic E-state index is 13.6. The number of nitrogens with zero attached hydrogens (tertiary/aromatic N) is 1. The van der Waals surface area contributed by atoms with E-state index in [0.717, 1.165) is 49.5 Å². The van der Waals surface area contributed by atoms with Crippen LogP contribution < -0.4 is 19.7 Å². The lowest BCUT2D eigenvalue weighted by atomic mass is 9.94. The highest BCUT2D eigenvalue weighted by Crippen LogP contribution is 2.39. The van der Waals surface area contributed by atoms with Crippen molar-refractivity contribution in [2.24, 2.45) is 0 Å². The summed E-state index contributed by atoms with van der Waals surface area (Å²) >= 11 is 0. The van der Waals surface area contributed by atoms with Crippen LogP contribution in [0.1, 0.15) is 30.0 Å². The Morgan fingerprint density at radius 1 is 1.13 bits per heavy atom. The molecule has 30 heavy (non-hydrogen) atoms. The monoisotopic (exact) mass is 420 g/mol. The van der Waals surface area contributed by atoms with Crippen molar-refractivity contribution in [3.8, 4) is 11.5 Å². The number of fused-ring (bicyclic) bond motifs is 2. The summed E-state index contributed by atoms with van der Waals surface area (Å²) in [6.07, 6.45) is 2.29. The van der Waals surface area contributed by atoms with E-state index in [2.05, 4.69) is 23.2 Å². The molecule has 4 nitrogen and oxygen atoms in total. The van der Waals surface area contributed by atoms with Gasteiger partial charge in [0, 0.05) is 12.1 Å². The number of hydrogen-bond donors (Lipinski definition) is 1. The van der Waals surface area contributed by atoms with Crippen LogP contribution in [0.4, 0.5) is 18.9 Å². The number of nitrogens with one attached hydrogen (secondary N) is 1. The minimum Gasteiger partial charge on any atom is -0.490 e. The molecule has 4 rings (SSSR count). The Labute approximate surface area is 175 Å². The molecule has 0 aliphatic carbocycles. The molecule has 1 N–H and O–H groups in total. The van der Waals surface area contributed by atoms with Gasteiger partial charge in [-0.15, -0.1) is 0 Å². The van der Waals surface area contributed by atoms with Crippen molar-refractivity contribution in [3.05, 3.63) is 52.3 Å². The summed E-state index contributed by atoms with van der Waals surface area (Å²) in [6, 6.07) is 3.95. The van der Waals surface area contributed by atoms with Crippen LogP contribution in [0.2, 0.25) is 0 Å². The third-order valence-corrected chi connectivity index (χ3v) is 5.93. The van der Waals surface area contributed by atoms with Gasteiger partial charge in [0.25, 0.3) is 0 Å². The van der Waals surface area contributed by atoms with Crippen LogP contribution in [0.15, 0.2) is 18.2 Å². The average molecular weight is 420 g/mol. The molecule has 2 aliphatic rings. The van der Waals surface area contributed by atoms with Gasteiger partial charge in [-0.05, 0) is 62.0 Å². The summed E-state index contributed by atoms with van der Waals surface area (Å²) in [6.45, 7) is 7.83. The average Bonchev–Trinajstić information content (AvgIpc) is 2.97. The fourth-order valence-electron chi connectivity index (χ4n) is 4.37. The standard InChI is InChI=1S/C23H27F3N2O2/c1-3-16(30-17-11-19(24)22(26)20(25)12-17)13-28-8-9-29-21-10-15-4-6-27-7-5-18(15)14(2)23(21)28/h10-12,16,27H,3-9,13H2,1-2H3. The normalized spacial score (nSPS) is 16.9. The first-order chi connectivity index (χ1) is 14.5. The Balaban J connectivity index is 1.59. The van der Waals surface area contributed by atoms with Gasteiger partial charge in [0.2, 0.25) is 0 Å². The Bertz CT molecular complexity index is 912. The first kappa shape index (κ1) is 20.8. The summed E-state index contributed by atoms with van der Waals surface area (Å²) in [7, 11) is 0.